The van der Waals surface area contributed by atoms with Crippen LogP contribution >= 0.6 is 11.6 Å². The fourth-order valence-electron chi connectivity index (χ4n) is 2.16. The number of carbonyl (C=O) groups is 1. The zero-order valence-electron chi connectivity index (χ0n) is 10.8. The van der Waals surface area contributed by atoms with Crippen LogP contribution in [-0.4, -0.2) is 28.4 Å². The van der Waals surface area contributed by atoms with Gasteiger partial charge in [0.15, 0.2) is 0 Å². The maximum absolute atomic E-state index is 11.9. The Morgan fingerprint density at radius 2 is 2.30 bits per heavy atom. The zero-order valence-corrected chi connectivity index (χ0v) is 11.5. The molecule has 0 spiro atoms. The van der Waals surface area contributed by atoms with Crippen molar-refractivity contribution in [3.63, 3.8) is 0 Å². The molecule has 1 saturated heterocycles. The van der Waals surface area contributed by atoms with E-state index in [1.807, 2.05) is 18.2 Å². The Labute approximate surface area is 121 Å². The van der Waals surface area contributed by atoms with Crippen molar-refractivity contribution in [3.8, 4) is 5.69 Å². The van der Waals surface area contributed by atoms with Gasteiger partial charge in [0.2, 0.25) is 0 Å². The van der Waals surface area contributed by atoms with Crippen LogP contribution in [0.2, 0.25) is 5.02 Å². The van der Waals surface area contributed by atoms with Gasteiger partial charge in [0.05, 0.1) is 28.8 Å². The molecule has 1 aliphatic rings. The lowest BCUT2D eigenvalue weighted by Gasteiger charge is -2.08. The van der Waals surface area contributed by atoms with Gasteiger partial charge in [0.1, 0.15) is 6.10 Å². The lowest BCUT2D eigenvalue weighted by Crippen LogP contribution is -2.26. The van der Waals surface area contributed by atoms with Crippen molar-refractivity contribution in [2.75, 3.05) is 11.9 Å². The van der Waals surface area contributed by atoms with E-state index < -0.39 is 0 Å². The number of benzene rings is 1. The summed E-state index contributed by atoms with van der Waals surface area (Å²) in [4.78, 5) is 11.9. The van der Waals surface area contributed by atoms with Gasteiger partial charge in [0.25, 0.3) is 5.91 Å². The molecule has 1 aromatic heterocycles. The summed E-state index contributed by atoms with van der Waals surface area (Å²) in [6.07, 6.45) is 4.67. The van der Waals surface area contributed by atoms with Crippen LogP contribution in [-0.2, 0) is 9.53 Å². The van der Waals surface area contributed by atoms with Gasteiger partial charge in [0, 0.05) is 6.61 Å². The highest BCUT2D eigenvalue weighted by Crippen LogP contribution is 2.21. The van der Waals surface area contributed by atoms with Gasteiger partial charge in [-0.25, -0.2) is 4.68 Å². The summed E-state index contributed by atoms with van der Waals surface area (Å²) in [6.45, 7) is 0.650. The average molecular weight is 292 g/mol. The molecular weight excluding hydrogens is 278 g/mol. The van der Waals surface area contributed by atoms with Crippen LogP contribution in [0.25, 0.3) is 5.69 Å². The molecule has 1 atom stereocenters. The molecule has 0 unspecified atom stereocenters. The number of nitrogens with one attached hydrogen (secondary N) is 1. The molecule has 1 aliphatic heterocycles. The molecule has 6 heteroatoms. The number of ether oxygens (including phenoxy) is 1. The monoisotopic (exact) mass is 291 g/mol. The number of amides is 1. The first kappa shape index (κ1) is 13.1. The molecule has 104 valence electrons. The Bertz CT molecular complexity index is 620. The second-order valence-corrected chi connectivity index (χ2v) is 5.02. The summed E-state index contributed by atoms with van der Waals surface area (Å²) in [5, 5.41) is 7.61. The Hall–Kier alpha value is -1.85. The number of rotatable bonds is 3. The van der Waals surface area contributed by atoms with Crippen molar-refractivity contribution in [1.82, 2.24) is 9.78 Å². The predicted molar refractivity (Wildman–Crippen MR) is 76.2 cm³/mol. The van der Waals surface area contributed by atoms with E-state index in [1.165, 1.54) is 0 Å². The quantitative estimate of drug-likeness (QED) is 0.946. The third-order valence-corrected chi connectivity index (χ3v) is 3.49. The fraction of sp³-hybridized carbons (Fsp3) is 0.286. The van der Waals surface area contributed by atoms with Crippen LogP contribution < -0.4 is 5.32 Å². The molecule has 5 nitrogen and oxygen atoms in total. The van der Waals surface area contributed by atoms with Crippen LogP contribution in [0, 0.1) is 0 Å². The van der Waals surface area contributed by atoms with Gasteiger partial charge in [-0.2, -0.15) is 5.10 Å². The number of nitrogens with zero attached hydrogens (tertiary/aromatic N) is 2. The topological polar surface area (TPSA) is 56.2 Å². The number of hydrogen-bond donors (Lipinski definition) is 1. The van der Waals surface area contributed by atoms with Crippen LogP contribution in [0.1, 0.15) is 12.8 Å². The van der Waals surface area contributed by atoms with Crippen molar-refractivity contribution >= 4 is 23.2 Å². The van der Waals surface area contributed by atoms with E-state index in [0.717, 1.165) is 18.5 Å². The number of anilines is 1. The Balaban J connectivity index is 1.74. The lowest BCUT2D eigenvalue weighted by molar-refractivity contribution is -0.124. The van der Waals surface area contributed by atoms with Gasteiger partial charge < -0.3 is 10.1 Å². The molecule has 3 rings (SSSR count). The molecular formula is C14H14ClN3O2. The summed E-state index contributed by atoms with van der Waals surface area (Å²) in [7, 11) is 0. The van der Waals surface area contributed by atoms with Crippen molar-refractivity contribution < 1.29 is 9.53 Å². The molecule has 1 fully saturated rings. The predicted octanol–water partition coefficient (Wildman–Crippen LogP) is 2.64. The zero-order chi connectivity index (χ0) is 13.9. The Kier molecular flexibility index (Phi) is 3.71. The highest BCUT2D eigenvalue weighted by molar-refractivity contribution is 6.32. The minimum absolute atomic E-state index is 0.124. The van der Waals surface area contributed by atoms with Crippen LogP contribution in [0.4, 0.5) is 5.69 Å². The van der Waals surface area contributed by atoms with Gasteiger partial charge in [-0.3, -0.25) is 4.79 Å². The molecule has 0 aliphatic carbocycles. The number of halogens is 1. The highest BCUT2D eigenvalue weighted by Gasteiger charge is 2.23. The third kappa shape index (κ3) is 2.69. The first-order valence-electron chi connectivity index (χ1n) is 6.46. The summed E-state index contributed by atoms with van der Waals surface area (Å²) < 4.78 is 6.97. The average Bonchev–Trinajstić information content (AvgIpc) is 3.10. The minimum Gasteiger partial charge on any atom is -0.368 e. The summed E-state index contributed by atoms with van der Waals surface area (Å²) in [5.41, 5.74) is 1.40. The fourth-order valence-corrected chi connectivity index (χ4v) is 2.39. The van der Waals surface area contributed by atoms with E-state index in [9.17, 15) is 4.79 Å². The highest BCUT2D eigenvalue weighted by atomic mass is 35.5. The summed E-state index contributed by atoms with van der Waals surface area (Å²) in [6, 6.07) is 7.40. The van der Waals surface area contributed by atoms with E-state index in [1.54, 1.807) is 23.1 Å². The Morgan fingerprint density at radius 3 is 3.05 bits per heavy atom. The Morgan fingerprint density at radius 1 is 1.45 bits per heavy atom. The second-order valence-electron chi connectivity index (χ2n) is 4.62. The lowest BCUT2D eigenvalue weighted by atomic mass is 10.2. The maximum Gasteiger partial charge on any atom is 0.253 e. The minimum atomic E-state index is -0.348. The van der Waals surface area contributed by atoms with Crippen molar-refractivity contribution in [1.29, 1.82) is 0 Å². The molecule has 1 aromatic carbocycles. The molecule has 0 bridgehead atoms. The smallest absolute Gasteiger partial charge is 0.253 e. The SMILES string of the molecule is O=C(Nc1cnn(-c2ccccc2Cl)c1)[C@@H]1CCCO1. The van der Waals surface area contributed by atoms with Gasteiger partial charge in [-0.1, -0.05) is 23.7 Å². The molecule has 20 heavy (non-hydrogen) atoms. The van der Waals surface area contributed by atoms with E-state index in [4.69, 9.17) is 16.3 Å². The van der Waals surface area contributed by atoms with E-state index in [-0.39, 0.29) is 12.0 Å². The normalized spacial score (nSPS) is 18.1. The van der Waals surface area contributed by atoms with Gasteiger partial charge in [-0.15, -0.1) is 0 Å². The van der Waals surface area contributed by atoms with E-state index in [2.05, 4.69) is 10.4 Å². The van der Waals surface area contributed by atoms with Crippen LogP contribution in [0.15, 0.2) is 36.7 Å². The van der Waals surface area contributed by atoms with Crippen molar-refractivity contribution in [2.45, 2.75) is 18.9 Å². The third-order valence-electron chi connectivity index (χ3n) is 3.17. The molecule has 2 heterocycles. The van der Waals surface area contributed by atoms with Crippen molar-refractivity contribution in [2.24, 2.45) is 0 Å². The van der Waals surface area contributed by atoms with Gasteiger partial charge in [-0.05, 0) is 25.0 Å². The second kappa shape index (κ2) is 5.64. The number of carbonyl (C=O) groups excluding carboxylic acids is 1. The molecule has 2 aromatic rings. The number of hydrogen-bond acceptors (Lipinski definition) is 3. The first-order chi connectivity index (χ1) is 9.74. The largest absolute Gasteiger partial charge is 0.368 e. The van der Waals surface area contributed by atoms with E-state index >= 15 is 0 Å². The molecule has 0 saturated carbocycles. The van der Waals surface area contributed by atoms with Crippen LogP contribution in [0.3, 0.4) is 0 Å². The summed E-state index contributed by atoms with van der Waals surface area (Å²) in [5.74, 6) is -0.124. The van der Waals surface area contributed by atoms with Crippen LogP contribution in [0.5, 0.6) is 0 Å². The summed E-state index contributed by atoms with van der Waals surface area (Å²) >= 11 is 6.11. The molecule has 1 amide bonds. The van der Waals surface area contributed by atoms with Crippen molar-refractivity contribution in [3.05, 3.63) is 41.7 Å². The first-order valence-corrected chi connectivity index (χ1v) is 6.84. The number of aromatic nitrogens is 2. The standard InChI is InChI=1S/C14H14ClN3O2/c15-11-4-1-2-5-12(11)18-9-10(8-16-18)17-14(19)13-6-3-7-20-13/h1-2,4-5,8-9,13H,3,6-7H2,(H,17,19)/t13-/m0/s1. The molecule has 0 radical (unpaired) electrons. The van der Waals surface area contributed by atoms with Gasteiger partial charge >= 0.3 is 0 Å². The van der Waals surface area contributed by atoms with E-state index in [0.29, 0.717) is 17.3 Å². The number of para-hydroxylation sites is 1. The maximum atomic E-state index is 11.9. The molecule has 1 N–H and O–H groups in total.